The van der Waals surface area contributed by atoms with Crippen LogP contribution < -0.4 is 5.73 Å². The fourth-order valence-electron chi connectivity index (χ4n) is 1.19. The smallest absolute Gasteiger partial charge is 0.146 e. The maximum atomic E-state index is 13.1. The molecule has 0 aliphatic carbocycles. The summed E-state index contributed by atoms with van der Waals surface area (Å²) < 4.78 is 23.7. The predicted octanol–water partition coefficient (Wildman–Crippen LogP) is 2.35. The molecule has 0 atom stereocenters. The molecule has 0 saturated heterocycles. The van der Waals surface area contributed by atoms with Crippen molar-refractivity contribution in [1.29, 1.82) is 0 Å². The van der Waals surface area contributed by atoms with E-state index in [0.29, 0.717) is 19.8 Å². The van der Waals surface area contributed by atoms with E-state index >= 15 is 0 Å². The zero-order chi connectivity index (χ0) is 12.0. The molecule has 0 heterocycles. The Kier molecular flexibility index (Phi) is 5.22. The molecular formula is C12H18FNO2. The van der Waals surface area contributed by atoms with E-state index in [4.69, 9.17) is 15.2 Å². The van der Waals surface area contributed by atoms with Gasteiger partial charge in [-0.05, 0) is 31.5 Å². The van der Waals surface area contributed by atoms with Crippen molar-refractivity contribution < 1.29 is 13.9 Å². The Morgan fingerprint density at radius 2 is 2.06 bits per heavy atom. The van der Waals surface area contributed by atoms with Gasteiger partial charge in [-0.1, -0.05) is 6.07 Å². The van der Waals surface area contributed by atoms with Gasteiger partial charge in [0.1, 0.15) is 5.82 Å². The molecular weight excluding hydrogens is 209 g/mol. The highest BCUT2D eigenvalue weighted by Gasteiger charge is 2.00. The van der Waals surface area contributed by atoms with Crippen molar-refractivity contribution in [1.82, 2.24) is 0 Å². The number of rotatable bonds is 6. The normalized spacial score (nSPS) is 11.0. The lowest BCUT2D eigenvalue weighted by atomic mass is 10.2. The molecule has 0 saturated carbocycles. The summed E-state index contributed by atoms with van der Waals surface area (Å²) in [5.74, 6) is -0.403. The van der Waals surface area contributed by atoms with Gasteiger partial charge in [0.05, 0.1) is 31.6 Å². The average Bonchev–Trinajstić information content (AvgIpc) is 2.22. The summed E-state index contributed by atoms with van der Waals surface area (Å²) in [6.45, 7) is 5.36. The van der Waals surface area contributed by atoms with Crippen molar-refractivity contribution >= 4 is 5.69 Å². The first-order valence-electron chi connectivity index (χ1n) is 5.33. The van der Waals surface area contributed by atoms with Crippen molar-refractivity contribution in [3.8, 4) is 0 Å². The van der Waals surface area contributed by atoms with Crippen LogP contribution >= 0.6 is 0 Å². The molecule has 0 unspecified atom stereocenters. The van der Waals surface area contributed by atoms with Crippen molar-refractivity contribution in [2.45, 2.75) is 26.6 Å². The molecule has 1 aromatic rings. The number of anilines is 1. The quantitative estimate of drug-likeness (QED) is 0.599. The second-order valence-corrected chi connectivity index (χ2v) is 3.83. The summed E-state index contributed by atoms with van der Waals surface area (Å²) in [5.41, 5.74) is 6.30. The average molecular weight is 227 g/mol. The molecule has 0 bridgehead atoms. The first-order valence-corrected chi connectivity index (χ1v) is 5.33. The van der Waals surface area contributed by atoms with Crippen LogP contribution in [0.2, 0.25) is 0 Å². The Balaban J connectivity index is 2.24. The van der Waals surface area contributed by atoms with Crippen LogP contribution in [0.4, 0.5) is 10.1 Å². The number of benzene rings is 1. The molecule has 90 valence electrons. The van der Waals surface area contributed by atoms with Crippen molar-refractivity contribution in [3.05, 3.63) is 29.6 Å². The summed E-state index contributed by atoms with van der Waals surface area (Å²) in [6, 6.07) is 4.68. The summed E-state index contributed by atoms with van der Waals surface area (Å²) >= 11 is 0. The molecule has 16 heavy (non-hydrogen) atoms. The molecule has 0 aliphatic rings. The SMILES string of the molecule is CC(C)OCCOCc1ccc(N)c(F)c1. The number of nitrogen functional groups attached to an aromatic ring is 1. The third-order valence-corrected chi connectivity index (χ3v) is 2.01. The molecule has 1 rings (SSSR count). The van der Waals surface area contributed by atoms with Gasteiger partial charge in [0.15, 0.2) is 0 Å². The van der Waals surface area contributed by atoms with E-state index in [1.165, 1.54) is 6.07 Å². The van der Waals surface area contributed by atoms with Gasteiger partial charge < -0.3 is 15.2 Å². The highest BCUT2D eigenvalue weighted by atomic mass is 19.1. The summed E-state index contributed by atoms with van der Waals surface area (Å²) in [7, 11) is 0. The minimum atomic E-state index is -0.403. The second-order valence-electron chi connectivity index (χ2n) is 3.83. The Labute approximate surface area is 95.4 Å². The lowest BCUT2D eigenvalue weighted by molar-refractivity contribution is 0.0142. The van der Waals surface area contributed by atoms with Gasteiger partial charge in [0.2, 0.25) is 0 Å². The molecule has 0 radical (unpaired) electrons. The molecule has 0 fully saturated rings. The first kappa shape index (κ1) is 12.9. The molecule has 0 aromatic heterocycles. The number of hydrogen-bond acceptors (Lipinski definition) is 3. The van der Waals surface area contributed by atoms with E-state index < -0.39 is 5.82 Å². The number of halogens is 1. The van der Waals surface area contributed by atoms with Crippen LogP contribution in [0.15, 0.2) is 18.2 Å². The van der Waals surface area contributed by atoms with Gasteiger partial charge >= 0.3 is 0 Å². The fraction of sp³-hybridized carbons (Fsp3) is 0.500. The number of hydrogen-bond donors (Lipinski definition) is 1. The summed E-state index contributed by atoms with van der Waals surface area (Å²) in [6.07, 6.45) is 0.206. The third kappa shape index (κ3) is 4.59. The zero-order valence-corrected chi connectivity index (χ0v) is 9.70. The van der Waals surface area contributed by atoms with Crippen LogP contribution in [0.5, 0.6) is 0 Å². The van der Waals surface area contributed by atoms with Crippen LogP contribution in [-0.2, 0) is 16.1 Å². The van der Waals surface area contributed by atoms with Crippen LogP contribution in [0.3, 0.4) is 0 Å². The van der Waals surface area contributed by atoms with Crippen LogP contribution in [0.25, 0.3) is 0 Å². The molecule has 0 aliphatic heterocycles. The van der Waals surface area contributed by atoms with Gasteiger partial charge in [0.25, 0.3) is 0 Å². The second kappa shape index (κ2) is 6.45. The minimum absolute atomic E-state index is 0.159. The molecule has 1 aromatic carbocycles. The largest absolute Gasteiger partial charge is 0.396 e. The van der Waals surface area contributed by atoms with Gasteiger partial charge in [-0.15, -0.1) is 0 Å². The van der Waals surface area contributed by atoms with Crippen molar-refractivity contribution in [2.24, 2.45) is 0 Å². The third-order valence-electron chi connectivity index (χ3n) is 2.01. The Morgan fingerprint density at radius 1 is 1.31 bits per heavy atom. The Morgan fingerprint density at radius 3 is 2.69 bits per heavy atom. The topological polar surface area (TPSA) is 44.5 Å². The van der Waals surface area contributed by atoms with E-state index in [1.54, 1.807) is 12.1 Å². The van der Waals surface area contributed by atoms with Gasteiger partial charge in [-0.2, -0.15) is 0 Å². The monoisotopic (exact) mass is 227 g/mol. The van der Waals surface area contributed by atoms with E-state index in [9.17, 15) is 4.39 Å². The van der Waals surface area contributed by atoms with Gasteiger partial charge in [0, 0.05) is 0 Å². The van der Waals surface area contributed by atoms with E-state index in [1.807, 2.05) is 13.8 Å². The van der Waals surface area contributed by atoms with Crippen molar-refractivity contribution in [3.63, 3.8) is 0 Å². The zero-order valence-electron chi connectivity index (χ0n) is 9.70. The maximum Gasteiger partial charge on any atom is 0.146 e. The van der Waals surface area contributed by atoms with E-state index in [0.717, 1.165) is 5.56 Å². The first-order chi connectivity index (χ1) is 7.59. The van der Waals surface area contributed by atoms with Crippen molar-refractivity contribution in [2.75, 3.05) is 18.9 Å². The standard InChI is InChI=1S/C12H18FNO2/c1-9(2)16-6-5-15-8-10-3-4-12(14)11(13)7-10/h3-4,7,9H,5-6,8,14H2,1-2H3. The fourth-order valence-corrected chi connectivity index (χ4v) is 1.19. The molecule has 0 spiro atoms. The summed E-state index contributed by atoms with van der Waals surface area (Å²) in [5, 5.41) is 0. The summed E-state index contributed by atoms with van der Waals surface area (Å²) in [4.78, 5) is 0. The minimum Gasteiger partial charge on any atom is -0.396 e. The molecule has 4 heteroatoms. The van der Waals surface area contributed by atoms with E-state index in [2.05, 4.69) is 0 Å². The molecule has 2 N–H and O–H groups in total. The van der Waals surface area contributed by atoms with Gasteiger partial charge in [-0.25, -0.2) is 4.39 Å². The number of nitrogens with two attached hydrogens (primary N) is 1. The van der Waals surface area contributed by atoms with Crippen LogP contribution in [0, 0.1) is 5.82 Å². The number of ether oxygens (including phenoxy) is 2. The van der Waals surface area contributed by atoms with Crippen LogP contribution in [-0.4, -0.2) is 19.3 Å². The predicted molar refractivity (Wildman–Crippen MR) is 61.6 cm³/mol. The van der Waals surface area contributed by atoms with Crippen LogP contribution in [0.1, 0.15) is 19.4 Å². The molecule has 3 nitrogen and oxygen atoms in total. The Bertz CT molecular complexity index is 329. The highest BCUT2D eigenvalue weighted by molar-refractivity contribution is 5.41. The Hall–Kier alpha value is -1.13. The lowest BCUT2D eigenvalue weighted by Crippen LogP contribution is -2.09. The highest BCUT2D eigenvalue weighted by Crippen LogP contribution is 2.12. The lowest BCUT2D eigenvalue weighted by Gasteiger charge is -2.08. The van der Waals surface area contributed by atoms with Gasteiger partial charge in [-0.3, -0.25) is 0 Å². The molecule has 0 amide bonds. The van der Waals surface area contributed by atoms with E-state index in [-0.39, 0.29) is 11.8 Å². The maximum absolute atomic E-state index is 13.1.